The van der Waals surface area contributed by atoms with Gasteiger partial charge in [0, 0.05) is 124 Å². The van der Waals surface area contributed by atoms with Crippen molar-refractivity contribution in [2.24, 2.45) is 0 Å². The molecule has 432 valence electrons. The summed E-state index contributed by atoms with van der Waals surface area (Å²) in [7, 11) is 0. The highest BCUT2D eigenvalue weighted by atomic mass is 79.9. The van der Waals surface area contributed by atoms with Crippen molar-refractivity contribution in [2.75, 3.05) is 5.73 Å². The Morgan fingerprint density at radius 1 is 0.244 bits per heavy atom. The molecule has 0 atom stereocenters. The van der Waals surface area contributed by atoms with Crippen LogP contribution >= 0.6 is 61.3 Å². The lowest BCUT2D eigenvalue weighted by molar-refractivity contribution is 0.590. The van der Waals surface area contributed by atoms with Crippen LogP contribution in [-0.2, 0) is 10.8 Å². The van der Waals surface area contributed by atoms with Crippen LogP contribution in [0, 0.1) is 0 Å². The number of nitrogens with two attached hydrogens (primary N) is 1. The van der Waals surface area contributed by atoms with Crippen molar-refractivity contribution < 1.29 is 0 Å². The Morgan fingerprint density at radius 2 is 0.456 bits per heavy atom. The summed E-state index contributed by atoms with van der Waals surface area (Å²) >= 11 is 11.8. The van der Waals surface area contributed by atoms with Gasteiger partial charge in [-0.15, -0.1) is 45.3 Å². The number of fused-ring (bicyclic) bond motifs is 20. The lowest BCUT2D eigenvalue weighted by Crippen LogP contribution is -2.12. The van der Waals surface area contributed by atoms with Crippen molar-refractivity contribution in [3.05, 3.63) is 258 Å². The van der Waals surface area contributed by atoms with Gasteiger partial charge in [0.25, 0.3) is 0 Å². The van der Waals surface area contributed by atoms with Gasteiger partial charge in [0.1, 0.15) is 0 Å². The average molecular weight is 1290 g/mol. The SMILES string of the molecule is CC(C)(C)c1cc(-c2cc3c4ccccc4sc3c3ccccc23)c(Br)c(-c2cc3c4ccccc4sc3c3ccccc23)c1.CC(C)(C)c1cc(-c2cc3c4ccccc4sc3c3ccccc23)c(N)c(-c2cc3c4ccccc4sc3c3ccccc23)c1. The van der Waals surface area contributed by atoms with Crippen LogP contribution in [0.4, 0.5) is 5.69 Å². The molecule has 4 aromatic heterocycles. The van der Waals surface area contributed by atoms with E-state index in [4.69, 9.17) is 5.73 Å². The van der Waals surface area contributed by atoms with Gasteiger partial charge in [-0.05, 0) is 166 Å². The van der Waals surface area contributed by atoms with Crippen molar-refractivity contribution in [3.63, 3.8) is 0 Å². The van der Waals surface area contributed by atoms with E-state index in [1.165, 1.54) is 168 Å². The standard InChI is InChI=1S/C42H29BrS2.C42H31NS2/c2*1-42(2,3)24-20-33(31-22-35-27-14-8-10-18-37(27)44-40(35)29-16-6-4-12-25(29)31)39(43)34(21-24)32-23-36-28-15-9-11-19-38(28)45-41(36)30-17-7-5-13-26(30)32/h4-23H,1-3H3;4-23H,43H2,1-3H3. The monoisotopic (exact) mass is 1290 g/mol. The van der Waals surface area contributed by atoms with Gasteiger partial charge in [0.05, 0.1) is 0 Å². The normalized spacial score (nSPS) is 12.4. The van der Waals surface area contributed by atoms with Crippen molar-refractivity contribution in [1.82, 2.24) is 0 Å². The molecule has 0 aliphatic rings. The fourth-order valence-electron chi connectivity index (χ4n) is 14.1. The van der Waals surface area contributed by atoms with Gasteiger partial charge in [0.2, 0.25) is 0 Å². The summed E-state index contributed by atoms with van der Waals surface area (Å²) < 4.78 is 11.8. The molecular formula is C84H60BrNS4. The Balaban J connectivity index is 0.000000139. The van der Waals surface area contributed by atoms with Crippen LogP contribution < -0.4 is 5.73 Å². The van der Waals surface area contributed by atoms with Crippen LogP contribution in [0.15, 0.2) is 247 Å². The molecule has 0 amide bonds. The first-order valence-electron chi connectivity index (χ1n) is 30.8. The largest absolute Gasteiger partial charge is 0.398 e. The summed E-state index contributed by atoms with van der Waals surface area (Å²) in [5.74, 6) is 0. The maximum Gasteiger partial charge on any atom is 0.0474 e. The molecule has 0 aliphatic heterocycles. The first-order chi connectivity index (χ1) is 43.7. The molecule has 6 heteroatoms. The number of hydrogen-bond donors (Lipinski definition) is 1. The van der Waals surface area contributed by atoms with Gasteiger partial charge in [-0.2, -0.15) is 0 Å². The van der Waals surface area contributed by atoms with Crippen molar-refractivity contribution in [2.45, 2.75) is 52.4 Å². The van der Waals surface area contributed by atoms with Crippen molar-refractivity contribution in [3.8, 4) is 44.5 Å². The zero-order chi connectivity index (χ0) is 60.9. The summed E-state index contributed by atoms with van der Waals surface area (Å²) in [4.78, 5) is 0. The maximum atomic E-state index is 7.41. The number of anilines is 1. The summed E-state index contributed by atoms with van der Waals surface area (Å²) in [5.41, 5.74) is 20.4. The van der Waals surface area contributed by atoms with Crippen LogP contribution in [0.3, 0.4) is 0 Å². The number of thiophene rings is 4. The van der Waals surface area contributed by atoms with Gasteiger partial charge in [0.15, 0.2) is 0 Å². The van der Waals surface area contributed by atoms with E-state index in [-0.39, 0.29) is 10.8 Å². The molecule has 1 nitrogen and oxygen atoms in total. The molecule has 4 heterocycles. The summed E-state index contributed by atoms with van der Waals surface area (Å²) in [5, 5.41) is 20.8. The highest BCUT2D eigenvalue weighted by Gasteiger charge is 2.27. The molecule has 0 spiro atoms. The molecule has 0 saturated carbocycles. The minimum absolute atomic E-state index is 0.0336. The number of nitrogen functional groups attached to an aromatic ring is 1. The molecule has 18 rings (SSSR count). The topological polar surface area (TPSA) is 26.0 Å². The molecule has 2 N–H and O–H groups in total. The molecule has 14 aromatic carbocycles. The first kappa shape index (κ1) is 55.4. The second-order valence-electron chi connectivity index (χ2n) is 26.1. The fraction of sp³-hybridized carbons (Fsp3) is 0.0952. The van der Waals surface area contributed by atoms with E-state index in [1.807, 2.05) is 45.3 Å². The minimum atomic E-state index is -0.0683. The molecular weight excluding hydrogens is 1230 g/mol. The molecule has 0 aliphatic carbocycles. The van der Waals surface area contributed by atoms with E-state index in [0.717, 1.165) is 21.3 Å². The smallest absolute Gasteiger partial charge is 0.0474 e. The number of rotatable bonds is 4. The Morgan fingerprint density at radius 3 is 0.711 bits per heavy atom. The average Bonchev–Trinajstić information content (AvgIpc) is 1.34. The van der Waals surface area contributed by atoms with E-state index in [2.05, 4.69) is 300 Å². The number of halogens is 1. The summed E-state index contributed by atoms with van der Waals surface area (Å²) in [6.45, 7) is 13.9. The molecule has 90 heavy (non-hydrogen) atoms. The second-order valence-corrected chi connectivity index (χ2v) is 31.2. The van der Waals surface area contributed by atoms with Crippen molar-refractivity contribution in [1.29, 1.82) is 0 Å². The third kappa shape index (κ3) is 8.78. The Labute approximate surface area is 547 Å². The maximum absolute atomic E-state index is 7.41. The van der Waals surface area contributed by atoms with E-state index < -0.39 is 0 Å². The number of hydrogen-bond acceptors (Lipinski definition) is 5. The van der Waals surface area contributed by atoms with Gasteiger partial charge in [-0.3, -0.25) is 0 Å². The van der Waals surface area contributed by atoms with Crippen LogP contribution in [0.25, 0.3) is 168 Å². The highest BCUT2D eigenvalue weighted by molar-refractivity contribution is 9.10. The molecule has 0 fully saturated rings. The van der Waals surface area contributed by atoms with Crippen LogP contribution in [0.5, 0.6) is 0 Å². The zero-order valence-corrected chi connectivity index (χ0v) is 55.5. The molecule has 0 radical (unpaired) electrons. The van der Waals surface area contributed by atoms with Crippen molar-refractivity contribution >= 4 is 191 Å². The van der Waals surface area contributed by atoms with E-state index in [1.54, 1.807) is 0 Å². The zero-order valence-electron chi connectivity index (χ0n) is 50.7. The predicted octanol–water partition coefficient (Wildman–Crippen LogP) is 27.1. The predicted molar refractivity (Wildman–Crippen MR) is 406 cm³/mol. The van der Waals surface area contributed by atoms with Crippen LogP contribution in [0.2, 0.25) is 0 Å². The summed E-state index contributed by atoms with van der Waals surface area (Å²) in [6.07, 6.45) is 0. The van der Waals surface area contributed by atoms with Gasteiger partial charge >= 0.3 is 0 Å². The molecule has 0 bridgehead atoms. The highest BCUT2D eigenvalue weighted by Crippen LogP contribution is 2.53. The van der Waals surface area contributed by atoms with Gasteiger partial charge < -0.3 is 5.73 Å². The van der Waals surface area contributed by atoms with Crippen LogP contribution in [-0.4, -0.2) is 0 Å². The Hall–Kier alpha value is -8.72. The minimum Gasteiger partial charge on any atom is -0.398 e. The Bertz CT molecular complexity index is 5310. The van der Waals surface area contributed by atoms with Gasteiger partial charge in [-0.25, -0.2) is 0 Å². The third-order valence-corrected chi connectivity index (χ3v) is 24.4. The van der Waals surface area contributed by atoms with E-state index in [0.29, 0.717) is 0 Å². The van der Waals surface area contributed by atoms with Gasteiger partial charge in [-0.1, -0.05) is 211 Å². The first-order valence-corrected chi connectivity index (χ1v) is 34.9. The van der Waals surface area contributed by atoms with E-state index >= 15 is 0 Å². The Kier molecular flexibility index (Phi) is 12.9. The van der Waals surface area contributed by atoms with E-state index in [9.17, 15) is 0 Å². The lowest BCUT2D eigenvalue weighted by Gasteiger charge is -2.24. The molecule has 0 unspecified atom stereocenters. The quantitative estimate of drug-likeness (QED) is 0.175. The molecule has 18 aromatic rings. The van der Waals surface area contributed by atoms with Crippen LogP contribution in [0.1, 0.15) is 52.7 Å². The lowest BCUT2D eigenvalue weighted by atomic mass is 9.81. The molecule has 0 saturated heterocycles. The fourth-order valence-corrected chi connectivity index (χ4v) is 19.6. The third-order valence-electron chi connectivity index (χ3n) is 18.7. The second kappa shape index (κ2) is 20.9. The summed E-state index contributed by atoms with van der Waals surface area (Å²) in [6, 6.07) is 90.0. The number of benzene rings is 14.